The topological polar surface area (TPSA) is 29.9 Å². The Hall–Kier alpha value is -0.830. The van der Waals surface area contributed by atoms with Gasteiger partial charge in [-0.25, -0.2) is 4.98 Å². The molecule has 1 aliphatic rings. The minimum absolute atomic E-state index is 0.447. The van der Waals surface area contributed by atoms with Crippen molar-refractivity contribution in [2.75, 3.05) is 6.54 Å². The van der Waals surface area contributed by atoms with Crippen molar-refractivity contribution < 1.29 is 0 Å². The third-order valence-corrected chi connectivity index (χ3v) is 4.16. The van der Waals surface area contributed by atoms with Crippen LogP contribution < -0.4 is 5.32 Å². The van der Waals surface area contributed by atoms with Crippen molar-refractivity contribution >= 4 is 0 Å². The van der Waals surface area contributed by atoms with Gasteiger partial charge in [0.1, 0.15) is 5.82 Å². The van der Waals surface area contributed by atoms with E-state index in [4.69, 9.17) is 0 Å². The molecule has 1 heterocycles. The summed E-state index contributed by atoms with van der Waals surface area (Å²) in [5, 5.41) is 3.67. The molecule has 0 bridgehead atoms. The molecule has 3 heteroatoms. The molecule has 2 rings (SSSR count). The highest BCUT2D eigenvalue weighted by molar-refractivity contribution is 5.02. The second kappa shape index (κ2) is 6.93. The molecule has 1 N–H and O–H groups in total. The summed E-state index contributed by atoms with van der Waals surface area (Å²) in [5.74, 6) is 2.01. The van der Waals surface area contributed by atoms with Crippen LogP contribution in [0.2, 0.25) is 0 Å². The maximum absolute atomic E-state index is 4.61. The van der Waals surface area contributed by atoms with Crippen molar-refractivity contribution in [2.45, 2.75) is 65.0 Å². The third-order valence-electron chi connectivity index (χ3n) is 4.16. The number of hydrogen-bond donors (Lipinski definition) is 1. The predicted octanol–water partition coefficient (Wildman–Crippen LogP) is 3.52. The number of rotatable bonds is 5. The molecular weight excluding hydrogens is 222 g/mol. The first-order valence-corrected chi connectivity index (χ1v) is 7.61. The quantitative estimate of drug-likeness (QED) is 0.809. The molecule has 0 saturated heterocycles. The third kappa shape index (κ3) is 3.14. The minimum Gasteiger partial charge on any atom is -0.334 e. The number of aryl methyl sites for hydroxylation is 1. The Bertz CT molecular complexity index is 337. The van der Waals surface area contributed by atoms with Gasteiger partial charge in [-0.1, -0.05) is 32.6 Å². The summed E-state index contributed by atoms with van der Waals surface area (Å²) >= 11 is 0. The van der Waals surface area contributed by atoms with Crippen LogP contribution in [0.4, 0.5) is 0 Å². The van der Waals surface area contributed by atoms with Crippen LogP contribution in [0.1, 0.15) is 64.2 Å². The van der Waals surface area contributed by atoms with Crippen LogP contribution >= 0.6 is 0 Å². The second-order valence-corrected chi connectivity index (χ2v) is 5.36. The molecule has 102 valence electrons. The van der Waals surface area contributed by atoms with Gasteiger partial charge in [-0.15, -0.1) is 0 Å². The zero-order valence-corrected chi connectivity index (χ0v) is 11.9. The first kappa shape index (κ1) is 13.6. The van der Waals surface area contributed by atoms with Crippen LogP contribution in [0.25, 0.3) is 0 Å². The molecule has 1 fully saturated rings. The average molecular weight is 249 g/mol. The standard InChI is InChI=1S/C15H27N3/c1-3-16-14(13-9-7-5-6-8-10-13)15-17-11-12-18(15)4-2/h11-14,16H,3-10H2,1-2H3. The van der Waals surface area contributed by atoms with Crippen molar-refractivity contribution in [3.8, 4) is 0 Å². The van der Waals surface area contributed by atoms with E-state index in [2.05, 4.69) is 34.9 Å². The van der Waals surface area contributed by atoms with Crippen LogP contribution in [0, 0.1) is 5.92 Å². The molecule has 1 saturated carbocycles. The molecule has 0 radical (unpaired) electrons. The molecule has 0 spiro atoms. The molecular formula is C15H27N3. The summed E-state index contributed by atoms with van der Waals surface area (Å²) in [6.07, 6.45) is 12.4. The van der Waals surface area contributed by atoms with E-state index < -0.39 is 0 Å². The van der Waals surface area contributed by atoms with Gasteiger partial charge in [-0.3, -0.25) is 0 Å². The summed E-state index contributed by atoms with van der Waals surface area (Å²) < 4.78 is 2.29. The Morgan fingerprint density at radius 3 is 2.61 bits per heavy atom. The fourth-order valence-electron chi connectivity index (χ4n) is 3.20. The highest BCUT2D eigenvalue weighted by atomic mass is 15.1. The van der Waals surface area contributed by atoms with Crippen LogP contribution in [0.5, 0.6) is 0 Å². The smallest absolute Gasteiger partial charge is 0.126 e. The van der Waals surface area contributed by atoms with Crippen LogP contribution in [-0.4, -0.2) is 16.1 Å². The first-order valence-electron chi connectivity index (χ1n) is 7.61. The van der Waals surface area contributed by atoms with Gasteiger partial charge in [0.25, 0.3) is 0 Å². The molecule has 18 heavy (non-hydrogen) atoms. The lowest BCUT2D eigenvalue weighted by molar-refractivity contribution is 0.311. The molecule has 1 aliphatic carbocycles. The maximum Gasteiger partial charge on any atom is 0.126 e. The zero-order chi connectivity index (χ0) is 12.8. The lowest BCUT2D eigenvalue weighted by Gasteiger charge is -2.27. The number of nitrogens with one attached hydrogen (secondary N) is 1. The molecule has 1 aromatic heterocycles. The SMILES string of the molecule is CCNC(c1nccn1CC)C1CCCCCC1. The van der Waals surface area contributed by atoms with E-state index in [9.17, 15) is 0 Å². The lowest BCUT2D eigenvalue weighted by Crippen LogP contribution is -2.30. The average Bonchev–Trinajstić information content (AvgIpc) is 2.69. The minimum atomic E-state index is 0.447. The first-order chi connectivity index (χ1) is 8.86. The highest BCUT2D eigenvalue weighted by Gasteiger charge is 2.26. The fraction of sp³-hybridized carbons (Fsp3) is 0.800. The molecule has 1 aromatic rings. The zero-order valence-electron chi connectivity index (χ0n) is 11.9. The summed E-state index contributed by atoms with van der Waals surface area (Å²) in [6, 6.07) is 0.447. The number of hydrogen-bond acceptors (Lipinski definition) is 2. The van der Waals surface area contributed by atoms with Crippen molar-refractivity contribution in [3.63, 3.8) is 0 Å². The Kier molecular flexibility index (Phi) is 5.24. The van der Waals surface area contributed by atoms with Gasteiger partial charge in [0, 0.05) is 18.9 Å². The fourth-order valence-corrected chi connectivity index (χ4v) is 3.20. The second-order valence-electron chi connectivity index (χ2n) is 5.36. The molecule has 1 atom stereocenters. The van der Waals surface area contributed by atoms with Gasteiger partial charge in [0.2, 0.25) is 0 Å². The van der Waals surface area contributed by atoms with Gasteiger partial charge in [-0.05, 0) is 32.2 Å². The lowest BCUT2D eigenvalue weighted by atomic mass is 9.91. The van der Waals surface area contributed by atoms with Gasteiger partial charge >= 0.3 is 0 Å². The molecule has 3 nitrogen and oxygen atoms in total. The number of aromatic nitrogens is 2. The van der Waals surface area contributed by atoms with E-state index in [1.807, 2.05) is 6.20 Å². The van der Waals surface area contributed by atoms with E-state index in [0.29, 0.717) is 6.04 Å². The van der Waals surface area contributed by atoms with Gasteiger partial charge in [0.05, 0.1) is 6.04 Å². The number of nitrogens with zero attached hydrogens (tertiary/aromatic N) is 2. The summed E-state index contributed by atoms with van der Waals surface area (Å²) in [7, 11) is 0. The molecule has 0 aliphatic heterocycles. The molecule has 1 unspecified atom stereocenters. The van der Waals surface area contributed by atoms with E-state index in [1.54, 1.807) is 0 Å². The number of imidazole rings is 1. The predicted molar refractivity (Wildman–Crippen MR) is 75.5 cm³/mol. The summed E-state index contributed by atoms with van der Waals surface area (Å²) in [6.45, 7) is 6.44. The Balaban J connectivity index is 2.15. The Labute approximate surface area is 111 Å². The summed E-state index contributed by atoms with van der Waals surface area (Å²) in [5.41, 5.74) is 0. The molecule has 0 aromatic carbocycles. The van der Waals surface area contributed by atoms with Gasteiger partial charge < -0.3 is 9.88 Å². The van der Waals surface area contributed by atoms with Crippen LogP contribution in [0.3, 0.4) is 0 Å². The van der Waals surface area contributed by atoms with Gasteiger partial charge in [0.15, 0.2) is 0 Å². The van der Waals surface area contributed by atoms with E-state index >= 15 is 0 Å². The summed E-state index contributed by atoms with van der Waals surface area (Å²) in [4.78, 5) is 4.61. The van der Waals surface area contributed by atoms with Gasteiger partial charge in [-0.2, -0.15) is 0 Å². The van der Waals surface area contributed by atoms with Crippen molar-refractivity contribution in [2.24, 2.45) is 5.92 Å². The van der Waals surface area contributed by atoms with Crippen LogP contribution in [0.15, 0.2) is 12.4 Å². The molecule has 0 amide bonds. The largest absolute Gasteiger partial charge is 0.334 e. The van der Waals surface area contributed by atoms with E-state index in [0.717, 1.165) is 19.0 Å². The maximum atomic E-state index is 4.61. The van der Waals surface area contributed by atoms with Crippen LogP contribution in [-0.2, 0) is 6.54 Å². The Morgan fingerprint density at radius 2 is 2.00 bits per heavy atom. The van der Waals surface area contributed by atoms with Crippen molar-refractivity contribution in [3.05, 3.63) is 18.2 Å². The monoisotopic (exact) mass is 249 g/mol. The van der Waals surface area contributed by atoms with Crippen molar-refractivity contribution in [1.29, 1.82) is 0 Å². The van der Waals surface area contributed by atoms with Crippen molar-refractivity contribution in [1.82, 2.24) is 14.9 Å². The highest BCUT2D eigenvalue weighted by Crippen LogP contribution is 2.32. The Morgan fingerprint density at radius 1 is 1.28 bits per heavy atom. The normalized spacial score (nSPS) is 19.7. The van der Waals surface area contributed by atoms with E-state index in [-0.39, 0.29) is 0 Å². The van der Waals surface area contributed by atoms with E-state index in [1.165, 1.54) is 44.3 Å².